The van der Waals surface area contributed by atoms with E-state index in [1.165, 1.54) is 16.2 Å². The Kier molecular flexibility index (Phi) is 7.62. The van der Waals surface area contributed by atoms with E-state index >= 15 is 0 Å². The van der Waals surface area contributed by atoms with Gasteiger partial charge >= 0.3 is 0 Å². The number of hydrazone groups is 1. The van der Waals surface area contributed by atoms with Gasteiger partial charge in [-0.2, -0.15) is 0 Å². The fourth-order valence-electron chi connectivity index (χ4n) is 1.51. The highest BCUT2D eigenvalue weighted by Crippen LogP contribution is 2.21. The summed E-state index contributed by atoms with van der Waals surface area (Å²) in [5.41, 5.74) is 0. The zero-order valence-electron chi connectivity index (χ0n) is 11.6. The highest BCUT2D eigenvalue weighted by Gasteiger charge is 2.23. The van der Waals surface area contributed by atoms with Gasteiger partial charge in [0.05, 0.1) is 11.6 Å². The van der Waals surface area contributed by atoms with Crippen molar-refractivity contribution in [3.8, 4) is 0 Å². The molecule has 10 heteroatoms. The van der Waals surface area contributed by atoms with Crippen LogP contribution in [0, 0.1) is 10.1 Å². The molecule has 0 unspecified atom stereocenters. The fraction of sp³-hybridized carbons (Fsp3) is 0.545. The SMILES string of the molecule is CCCCC(=O)N(Cc1cnc(Cl)s1)/C(=N/[N+](=O)[O-])SC. The largest absolute Gasteiger partial charge is 0.281 e. The minimum Gasteiger partial charge on any atom is -0.281 e. The molecule has 0 aliphatic carbocycles. The summed E-state index contributed by atoms with van der Waals surface area (Å²) in [5, 5.41) is 13.1. The van der Waals surface area contributed by atoms with Gasteiger partial charge in [-0.15, -0.1) is 11.3 Å². The summed E-state index contributed by atoms with van der Waals surface area (Å²) < 4.78 is 0.364. The number of amides is 1. The first kappa shape index (κ1) is 17.9. The number of thiazole rings is 1. The van der Waals surface area contributed by atoms with Gasteiger partial charge in [0.2, 0.25) is 11.1 Å². The van der Waals surface area contributed by atoms with E-state index in [0.717, 1.165) is 29.5 Å². The molecule has 0 N–H and O–H groups in total. The molecular weight excluding hydrogens is 336 g/mol. The molecular formula is C11H15ClN4O3S2. The third-order valence-electron chi connectivity index (χ3n) is 2.47. The summed E-state index contributed by atoms with van der Waals surface area (Å²) in [5.74, 6) is -0.198. The molecule has 0 radical (unpaired) electrons. The van der Waals surface area contributed by atoms with E-state index in [0.29, 0.717) is 10.9 Å². The molecule has 0 aliphatic rings. The number of hydrogen-bond donors (Lipinski definition) is 0. The molecule has 0 saturated heterocycles. The summed E-state index contributed by atoms with van der Waals surface area (Å²) in [6, 6.07) is 0. The number of rotatable bonds is 6. The van der Waals surface area contributed by atoms with Gasteiger partial charge in [-0.1, -0.05) is 36.7 Å². The summed E-state index contributed by atoms with van der Waals surface area (Å²) in [6.45, 7) is 2.15. The van der Waals surface area contributed by atoms with Gasteiger partial charge in [0.25, 0.3) is 0 Å². The summed E-state index contributed by atoms with van der Waals surface area (Å²) in [4.78, 5) is 28.8. The quantitative estimate of drug-likeness (QED) is 0.340. The van der Waals surface area contributed by atoms with E-state index < -0.39 is 5.03 Å². The van der Waals surface area contributed by atoms with Crippen LogP contribution in [0.5, 0.6) is 0 Å². The molecule has 1 rings (SSSR count). The lowest BCUT2D eigenvalue weighted by atomic mass is 10.2. The number of carbonyl (C=O) groups excluding carboxylic acids is 1. The predicted octanol–water partition coefficient (Wildman–Crippen LogP) is 3.23. The second-order valence-corrected chi connectivity index (χ2v) is 6.46. The van der Waals surface area contributed by atoms with E-state index in [2.05, 4.69) is 10.1 Å². The molecule has 7 nitrogen and oxygen atoms in total. The van der Waals surface area contributed by atoms with Crippen LogP contribution >= 0.6 is 34.7 Å². The van der Waals surface area contributed by atoms with E-state index in [1.54, 1.807) is 12.5 Å². The molecule has 0 aliphatic heterocycles. The monoisotopic (exact) mass is 350 g/mol. The van der Waals surface area contributed by atoms with Crippen molar-refractivity contribution in [1.82, 2.24) is 9.88 Å². The van der Waals surface area contributed by atoms with Crippen LogP contribution in [0.25, 0.3) is 0 Å². The maximum Gasteiger partial charge on any atom is 0.244 e. The molecule has 0 saturated carbocycles. The zero-order valence-corrected chi connectivity index (χ0v) is 14.0. The Hall–Kier alpha value is -1.19. The summed E-state index contributed by atoms with van der Waals surface area (Å²) in [7, 11) is 0. The maximum atomic E-state index is 12.3. The number of nitrogens with zero attached hydrogens (tertiary/aromatic N) is 4. The first-order valence-corrected chi connectivity index (χ1v) is 8.57. The van der Waals surface area contributed by atoms with Gasteiger partial charge in [0.15, 0.2) is 9.50 Å². The number of carbonyl (C=O) groups is 1. The smallest absolute Gasteiger partial charge is 0.244 e. The normalized spacial score (nSPS) is 11.5. The van der Waals surface area contributed by atoms with Gasteiger partial charge in [-0.3, -0.25) is 9.69 Å². The van der Waals surface area contributed by atoms with Crippen LogP contribution in [0.4, 0.5) is 0 Å². The number of thioether (sulfide) groups is 1. The molecule has 0 bridgehead atoms. The Balaban J connectivity index is 2.97. The molecule has 1 amide bonds. The molecule has 1 heterocycles. The van der Waals surface area contributed by atoms with Crippen molar-refractivity contribution in [1.29, 1.82) is 0 Å². The van der Waals surface area contributed by atoms with Crippen LogP contribution in [0.1, 0.15) is 31.1 Å². The predicted molar refractivity (Wildman–Crippen MR) is 85.1 cm³/mol. The van der Waals surface area contributed by atoms with Gasteiger partial charge in [-0.25, -0.2) is 15.1 Å². The highest BCUT2D eigenvalue weighted by atomic mass is 35.5. The minimum atomic E-state index is -0.800. The van der Waals surface area contributed by atoms with Gasteiger partial charge in [0, 0.05) is 17.5 Å². The van der Waals surface area contributed by atoms with Gasteiger partial charge in [0.1, 0.15) is 0 Å². The van der Waals surface area contributed by atoms with E-state index in [9.17, 15) is 14.9 Å². The molecule has 0 fully saturated rings. The third-order valence-corrected chi connectivity index (χ3v) is 4.23. The lowest BCUT2D eigenvalue weighted by molar-refractivity contribution is -0.485. The lowest BCUT2D eigenvalue weighted by Gasteiger charge is -2.20. The Morgan fingerprint density at radius 1 is 1.67 bits per heavy atom. The van der Waals surface area contributed by atoms with Crippen molar-refractivity contribution >= 4 is 45.8 Å². The van der Waals surface area contributed by atoms with E-state index in [-0.39, 0.29) is 17.6 Å². The van der Waals surface area contributed by atoms with Crippen LogP contribution in [-0.4, -0.2) is 32.2 Å². The van der Waals surface area contributed by atoms with Crippen molar-refractivity contribution in [2.24, 2.45) is 5.10 Å². The fourth-order valence-corrected chi connectivity index (χ4v) is 3.01. The van der Waals surface area contributed by atoms with Gasteiger partial charge < -0.3 is 0 Å². The second kappa shape index (κ2) is 8.96. The number of amidine groups is 1. The number of unbranched alkanes of at least 4 members (excludes halogenated alkanes) is 1. The molecule has 0 atom stereocenters. The molecule has 1 aromatic heterocycles. The van der Waals surface area contributed by atoms with E-state index in [4.69, 9.17) is 11.6 Å². The topological polar surface area (TPSA) is 88.7 Å². The average Bonchev–Trinajstić information content (AvgIpc) is 2.85. The van der Waals surface area contributed by atoms with Crippen molar-refractivity contribution in [3.05, 3.63) is 25.7 Å². The van der Waals surface area contributed by atoms with Crippen LogP contribution < -0.4 is 0 Å². The number of nitro groups is 1. The Bertz CT molecular complexity index is 535. The minimum absolute atomic E-state index is 0.0608. The van der Waals surface area contributed by atoms with E-state index in [1.807, 2.05) is 6.92 Å². The van der Waals surface area contributed by atoms with Crippen LogP contribution in [0.2, 0.25) is 4.47 Å². The standard InChI is InChI=1S/C11H15ClN4O3S2/c1-3-4-5-9(17)15(11(20-2)14-16(18)19)7-8-6-13-10(12)21-8/h6H,3-5,7H2,1-2H3/b14-11-. The van der Waals surface area contributed by atoms with Crippen molar-refractivity contribution in [3.63, 3.8) is 0 Å². The molecule has 116 valence electrons. The van der Waals surface area contributed by atoms with Crippen LogP contribution in [0.3, 0.4) is 0 Å². The zero-order chi connectivity index (χ0) is 15.8. The van der Waals surface area contributed by atoms with Crippen molar-refractivity contribution in [2.75, 3.05) is 6.26 Å². The highest BCUT2D eigenvalue weighted by molar-refractivity contribution is 8.13. The van der Waals surface area contributed by atoms with Crippen molar-refractivity contribution < 1.29 is 9.83 Å². The van der Waals surface area contributed by atoms with Crippen molar-refractivity contribution in [2.45, 2.75) is 32.7 Å². The Morgan fingerprint density at radius 2 is 2.38 bits per heavy atom. The molecule has 0 spiro atoms. The first-order valence-electron chi connectivity index (χ1n) is 6.15. The number of aromatic nitrogens is 1. The average molecular weight is 351 g/mol. The second-order valence-electron chi connectivity index (χ2n) is 3.99. The summed E-state index contributed by atoms with van der Waals surface area (Å²) >= 11 is 8.05. The molecule has 1 aromatic rings. The van der Waals surface area contributed by atoms with Crippen LogP contribution in [-0.2, 0) is 11.3 Å². The number of hydrogen-bond acceptors (Lipinski definition) is 6. The molecule has 0 aromatic carbocycles. The van der Waals surface area contributed by atoms with Crippen LogP contribution in [0.15, 0.2) is 11.3 Å². The lowest BCUT2D eigenvalue weighted by Crippen LogP contribution is -2.34. The Morgan fingerprint density at radius 3 is 2.86 bits per heavy atom. The summed E-state index contributed by atoms with van der Waals surface area (Å²) in [6.07, 6.45) is 5.10. The third kappa shape index (κ3) is 5.98. The van der Waals surface area contributed by atoms with Gasteiger partial charge in [-0.05, 0) is 12.7 Å². The Labute approximate surface area is 135 Å². The molecule has 21 heavy (non-hydrogen) atoms. The maximum absolute atomic E-state index is 12.3. The number of halogens is 1. The first-order chi connectivity index (χ1) is 9.97.